The average molecular weight is 448 g/mol. The number of nitrogens with zero attached hydrogens (tertiary/aromatic N) is 4. The summed E-state index contributed by atoms with van der Waals surface area (Å²) in [6.07, 6.45) is 1.38. The molecule has 0 aliphatic carbocycles. The Morgan fingerprint density at radius 3 is 2.83 bits per heavy atom. The molecule has 0 bridgehead atoms. The standard InChI is InChI=1S/C18H14ClN5O3S2/c1-27-7-14-22-23-18(29-14)21-13(25)6-24-9-20-16-15(17(24)26)12(8-28-16)10-2-4-11(19)5-3-10/h2-5,8-9H,6-7H2,1H3,(H,21,23,25). The lowest BCUT2D eigenvalue weighted by Crippen LogP contribution is -2.27. The summed E-state index contributed by atoms with van der Waals surface area (Å²) in [6.45, 7) is 0.135. The van der Waals surface area contributed by atoms with Crippen LogP contribution in [0.15, 0.2) is 40.8 Å². The Bertz CT molecular complexity index is 1230. The number of carbonyl (C=O) groups is 1. The number of fused-ring (bicyclic) bond motifs is 1. The second-order valence-electron chi connectivity index (χ2n) is 6.00. The number of ether oxygens (including phenoxy) is 1. The Labute approximate surface area is 177 Å². The van der Waals surface area contributed by atoms with E-state index < -0.39 is 5.91 Å². The van der Waals surface area contributed by atoms with E-state index in [1.54, 1.807) is 19.2 Å². The molecule has 1 N–H and O–H groups in total. The molecule has 3 aromatic heterocycles. The molecule has 4 aromatic rings. The van der Waals surface area contributed by atoms with Gasteiger partial charge in [-0.3, -0.25) is 19.5 Å². The van der Waals surface area contributed by atoms with E-state index in [0.717, 1.165) is 11.1 Å². The van der Waals surface area contributed by atoms with Gasteiger partial charge in [-0.25, -0.2) is 4.98 Å². The van der Waals surface area contributed by atoms with Gasteiger partial charge < -0.3 is 4.74 Å². The zero-order valence-corrected chi connectivity index (χ0v) is 17.5. The highest BCUT2D eigenvalue weighted by Gasteiger charge is 2.15. The van der Waals surface area contributed by atoms with E-state index in [1.807, 2.05) is 17.5 Å². The van der Waals surface area contributed by atoms with E-state index in [1.165, 1.54) is 33.6 Å². The third-order valence-corrected chi connectivity index (χ3v) is 5.96. The van der Waals surface area contributed by atoms with Crippen LogP contribution < -0.4 is 10.9 Å². The highest BCUT2D eigenvalue weighted by molar-refractivity contribution is 7.17. The molecule has 8 nitrogen and oxygen atoms in total. The number of benzene rings is 1. The smallest absolute Gasteiger partial charge is 0.263 e. The first kappa shape index (κ1) is 19.6. The van der Waals surface area contributed by atoms with Crippen molar-refractivity contribution in [2.45, 2.75) is 13.2 Å². The Balaban J connectivity index is 1.60. The van der Waals surface area contributed by atoms with Crippen molar-refractivity contribution < 1.29 is 9.53 Å². The van der Waals surface area contributed by atoms with Gasteiger partial charge in [-0.15, -0.1) is 21.5 Å². The van der Waals surface area contributed by atoms with Crippen LogP contribution in [0.4, 0.5) is 5.13 Å². The van der Waals surface area contributed by atoms with Gasteiger partial charge in [0, 0.05) is 23.1 Å². The van der Waals surface area contributed by atoms with E-state index in [9.17, 15) is 9.59 Å². The topological polar surface area (TPSA) is 99.0 Å². The number of amides is 1. The molecule has 148 valence electrons. The van der Waals surface area contributed by atoms with Crippen molar-refractivity contribution in [1.29, 1.82) is 0 Å². The monoisotopic (exact) mass is 447 g/mol. The molecule has 0 spiro atoms. The lowest BCUT2D eigenvalue weighted by atomic mass is 10.1. The second kappa shape index (κ2) is 8.37. The maximum Gasteiger partial charge on any atom is 0.263 e. The minimum Gasteiger partial charge on any atom is -0.377 e. The number of methoxy groups -OCH3 is 1. The Hall–Kier alpha value is -2.66. The zero-order valence-electron chi connectivity index (χ0n) is 15.1. The van der Waals surface area contributed by atoms with Crippen LogP contribution in [0, 0.1) is 0 Å². The fraction of sp³-hybridized carbons (Fsp3) is 0.167. The van der Waals surface area contributed by atoms with Crippen molar-refractivity contribution in [1.82, 2.24) is 19.7 Å². The number of hydrogen-bond donors (Lipinski definition) is 1. The molecule has 0 aliphatic rings. The van der Waals surface area contributed by atoms with Crippen molar-refractivity contribution in [2.24, 2.45) is 0 Å². The molecule has 0 fully saturated rings. The molecule has 1 amide bonds. The van der Waals surface area contributed by atoms with Gasteiger partial charge in [0.15, 0.2) is 0 Å². The summed E-state index contributed by atoms with van der Waals surface area (Å²) in [5.41, 5.74) is 1.34. The van der Waals surface area contributed by atoms with Crippen LogP contribution >= 0.6 is 34.3 Å². The van der Waals surface area contributed by atoms with E-state index in [4.69, 9.17) is 16.3 Å². The Morgan fingerprint density at radius 2 is 2.07 bits per heavy atom. The van der Waals surface area contributed by atoms with Crippen molar-refractivity contribution in [2.75, 3.05) is 12.4 Å². The van der Waals surface area contributed by atoms with Crippen LogP contribution in [-0.4, -0.2) is 32.8 Å². The van der Waals surface area contributed by atoms with Crippen molar-refractivity contribution >= 4 is 55.5 Å². The van der Waals surface area contributed by atoms with Gasteiger partial charge in [0.25, 0.3) is 5.56 Å². The lowest BCUT2D eigenvalue weighted by molar-refractivity contribution is -0.116. The molecule has 0 saturated carbocycles. The minimum absolute atomic E-state index is 0.184. The van der Waals surface area contributed by atoms with E-state index >= 15 is 0 Å². The molecular formula is C18H14ClN5O3S2. The van der Waals surface area contributed by atoms with Crippen molar-refractivity contribution in [3.8, 4) is 11.1 Å². The number of anilines is 1. The summed E-state index contributed by atoms with van der Waals surface area (Å²) in [5, 5.41) is 14.4. The molecule has 29 heavy (non-hydrogen) atoms. The Kier molecular flexibility index (Phi) is 5.67. The molecule has 4 rings (SSSR count). The van der Waals surface area contributed by atoms with Gasteiger partial charge in [-0.1, -0.05) is 35.1 Å². The summed E-state index contributed by atoms with van der Waals surface area (Å²) in [7, 11) is 1.55. The fourth-order valence-corrected chi connectivity index (χ4v) is 4.48. The molecule has 0 aliphatic heterocycles. The number of aromatic nitrogens is 4. The second-order valence-corrected chi connectivity index (χ2v) is 8.35. The number of hydrogen-bond acceptors (Lipinski definition) is 8. The average Bonchev–Trinajstić information content (AvgIpc) is 3.32. The predicted octanol–water partition coefficient (Wildman–Crippen LogP) is 3.42. The Morgan fingerprint density at radius 1 is 1.28 bits per heavy atom. The quantitative estimate of drug-likeness (QED) is 0.486. The summed E-state index contributed by atoms with van der Waals surface area (Å²) >= 11 is 8.55. The third kappa shape index (κ3) is 4.20. The fourth-order valence-electron chi connectivity index (χ4n) is 2.72. The van der Waals surface area contributed by atoms with Crippen LogP contribution in [0.2, 0.25) is 5.02 Å². The van der Waals surface area contributed by atoms with Gasteiger partial charge in [-0.2, -0.15) is 0 Å². The van der Waals surface area contributed by atoms with Crippen LogP contribution in [-0.2, 0) is 22.7 Å². The van der Waals surface area contributed by atoms with Crippen LogP contribution in [0.1, 0.15) is 5.01 Å². The molecule has 0 saturated heterocycles. The zero-order chi connectivity index (χ0) is 20.4. The molecule has 0 atom stereocenters. The first-order valence-electron chi connectivity index (χ1n) is 8.39. The van der Waals surface area contributed by atoms with Crippen molar-refractivity contribution in [3.05, 3.63) is 56.4 Å². The molecule has 11 heteroatoms. The predicted molar refractivity (Wildman–Crippen MR) is 114 cm³/mol. The maximum atomic E-state index is 13.0. The molecule has 0 unspecified atom stereocenters. The highest BCUT2D eigenvalue weighted by atomic mass is 35.5. The van der Waals surface area contributed by atoms with Crippen molar-refractivity contribution in [3.63, 3.8) is 0 Å². The van der Waals surface area contributed by atoms with Crippen LogP contribution in [0.3, 0.4) is 0 Å². The van der Waals surface area contributed by atoms with Gasteiger partial charge in [0.2, 0.25) is 11.0 Å². The minimum atomic E-state index is -0.392. The number of nitrogens with one attached hydrogen (secondary N) is 1. The first-order chi connectivity index (χ1) is 14.0. The van der Waals surface area contributed by atoms with E-state index in [0.29, 0.717) is 32.0 Å². The highest BCUT2D eigenvalue weighted by Crippen LogP contribution is 2.31. The molecule has 3 heterocycles. The first-order valence-corrected chi connectivity index (χ1v) is 10.5. The third-order valence-electron chi connectivity index (χ3n) is 4.01. The summed E-state index contributed by atoms with van der Waals surface area (Å²) in [4.78, 5) is 30.3. The number of carbonyl (C=O) groups excluding carboxylic acids is 1. The number of rotatable bonds is 6. The molecular weight excluding hydrogens is 434 g/mol. The summed E-state index contributed by atoms with van der Waals surface area (Å²) in [6, 6.07) is 7.23. The summed E-state index contributed by atoms with van der Waals surface area (Å²) < 4.78 is 6.26. The van der Waals surface area contributed by atoms with E-state index in [2.05, 4.69) is 20.5 Å². The van der Waals surface area contributed by atoms with Gasteiger partial charge >= 0.3 is 0 Å². The van der Waals surface area contributed by atoms with Gasteiger partial charge in [0.1, 0.15) is 23.0 Å². The SMILES string of the molecule is COCc1nnc(NC(=O)Cn2cnc3scc(-c4ccc(Cl)cc4)c3c2=O)s1. The van der Waals surface area contributed by atoms with Crippen LogP contribution in [0.25, 0.3) is 21.3 Å². The molecule has 1 aromatic carbocycles. The van der Waals surface area contributed by atoms with E-state index in [-0.39, 0.29) is 12.1 Å². The molecule has 0 radical (unpaired) electrons. The van der Waals surface area contributed by atoms with Gasteiger partial charge in [-0.05, 0) is 17.7 Å². The normalized spacial score (nSPS) is 11.1. The summed E-state index contributed by atoms with van der Waals surface area (Å²) in [5.74, 6) is -0.392. The van der Waals surface area contributed by atoms with Gasteiger partial charge in [0.05, 0.1) is 11.7 Å². The number of thiophene rings is 1. The maximum absolute atomic E-state index is 13.0. The lowest BCUT2D eigenvalue weighted by Gasteiger charge is -2.06. The number of halogens is 1. The largest absolute Gasteiger partial charge is 0.377 e. The van der Waals surface area contributed by atoms with Crippen LogP contribution in [0.5, 0.6) is 0 Å².